The Morgan fingerprint density at radius 1 is 1.11 bits per heavy atom. The van der Waals surface area contributed by atoms with Crippen molar-refractivity contribution in [1.29, 1.82) is 0 Å². The molecule has 0 aliphatic rings. The van der Waals surface area contributed by atoms with Crippen LogP contribution in [0.3, 0.4) is 0 Å². The van der Waals surface area contributed by atoms with Crippen molar-refractivity contribution in [2.24, 2.45) is 0 Å². The zero-order valence-electron chi connectivity index (χ0n) is 15.3. The summed E-state index contributed by atoms with van der Waals surface area (Å²) in [7, 11) is 0. The first-order valence-corrected chi connectivity index (χ1v) is 9.49. The number of rotatable bonds is 7. The van der Waals surface area contributed by atoms with Gasteiger partial charge in [0.1, 0.15) is 12.4 Å². The maximum atomic E-state index is 11.9. The number of amides is 1. The van der Waals surface area contributed by atoms with Crippen LogP contribution in [0, 0.1) is 13.8 Å². The van der Waals surface area contributed by atoms with Gasteiger partial charge in [-0.05, 0) is 49.8 Å². The van der Waals surface area contributed by atoms with E-state index in [1.54, 1.807) is 17.4 Å². The molecule has 1 amide bonds. The van der Waals surface area contributed by atoms with Gasteiger partial charge in [-0.15, -0.1) is 11.3 Å². The molecule has 27 heavy (non-hydrogen) atoms. The fraction of sp³-hybridized carbons (Fsp3) is 0.190. The van der Waals surface area contributed by atoms with Gasteiger partial charge in [0.05, 0.1) is 22.9 Å². The minimum absolute atomic E-state index is 0.155. The highest BCUT2D eigenvalue weighted by molar-refractivity contribution is 7.09. The van der Waals surface area contributed by atoms with Crippen molar-refractivity contribution >= 4 is 23.3 Å². The highest BCUT2D eigenvalue weighted by Crippen LogP contribution is 2.16. The highest BCUT2D eigenvalue weighted by Gasteiger charge is 2.01. The van der Waals surface area contributed by atoms with Crippen LogP contribution in [-0.2, 0) is 17.9 Å². The van der Waals surface area contributed by atoms with Gasteiger partial charge in [-0.2, -0.15) is 0 Å². The normalized spacial score (nSPS) is 10.9. The summed E-state index contributed by atoms with van der Waals surface area (Å²) in [6.07, 6.45) is 3.29. The number of pyridine rings is 1. The minimum Gasteiger partial charge on any atom is -0.487 e. The van der Waals surface area contributed by atoms with Gasteiger partial charge in [-0.1, -0.05) is 18.2 Å². The average Bonchev–Trinajstić information content (AvgIpc) is 3.09. The molecular weight excluding hydrogens is 358 g/mol. The third kappa shape index (κ3) is 6.04. The number of nitrogens with one attached hydrogen (secondary N) is 1. The molecule has 2 aromatic heterocycles. The number of hydrogen-bond donors (Lipinski definition) is 1. The van der Waals surface area contributed by atoms with E-state index in [0.717, 1.165) is 33.4 Å². The van der Waals surface area contributed by atoms with E-state index in [0.29, 0.717) is 13.2 Å². The van der Waals surface area contributed by atoms with Crippen molar-refractivity contribution in [3.63, 3.8) is 0 Å². The first kappa shape index (κ1) is 18.8. The molecule has 0 bridgehead atoms. The molecule has 0 fully saturated rings. The van der Waals surface area contributed by atoms with Crippen LogP contribution < -0.4 is 10.1 Å². The van der Waals surface area contributed by atoms with Crippen LogP contribution >= 0.6 is 11.3 Å². The summed E-state index contributed by atoms with van der Waals surface area (Å²) in [4.78, 5) is 20.7. The van der Waals surface area contributed by atoms with Gasteiger partial charge in [-0.3, -0.25) is 9.78 Å². The topological polar surface area (TPSA) is 64.1 Å². The van der Waals surface area contributed by atoms with E-state index in [-0.39, 0.29) is 5.91 Å². The fourth-order valence-electron chi connectivity index (χ4n) is 2.41. The molecule has 0 spiro atoms. The predicted molar refractivity (Wildman–Crippen MR) is 107 cm³/mol. The standard InChI is InChI=1S/C21H21N3O2S/c1-15-4-3-5-18(23-15)12-22-21(25)11-8-17-6-9-20(10-7-17)26-13-19-14-27-16(2)24-19/h3-11,14H,12-13H2,1-2H3,(H,22,25)/b11-8+. The number of ether oxygens (including phenoxy) is 1. The second-order valence-corrected chi connectivity index (χ2v) is 7.10. The number of carbonyl (C=O) groups excluding carboxylic acids is 1. The van der Waals surface area contributed by atoms with Crippen LogP contribution in [0.4, 0.5) is 0 Å². The van der Waals surface area contributed by atoms with Crippen molar-refractivity contribution in [2.75, 3.05) is 0 Å². The SMILES string of the molecule is Cc1cccc(CNC(=O)/C=C/c2ccc(OCc3csc(C)n3)cc2)n1. The quantitative estimate of drug-likeness (QED) is 0.629. The molecule has 1 N–H and O–H groups in total. The Bertz CT molecular complexity index is 933. The van der Waals surface area contributed by atoms with Crippen molar-refractivity contribution in [1.82, 2.24) is 15.3 Å². The van der Waals surface area contributed by atoms with E-state index in [1.807, 2.05) is 61.7 Å². The molecule has 0 aliphatic heterocycles. The predicted octanol–water partition coefficient (Wildman–Crippen LogP) is 4.06. The lowest BCUT2D eigenvalue weighted by Gasteiger charge is -2.04. The highest BCUT2D eigenvalue weighted by atomic mass is 32.1. The molecule has 3 aromatic rings. The van der Waals surface area contributed by atoms with Gasteiger partial charge in [0.2, 0.25) is 5.91 Å². The number of aryl methyl sites for hydroxylation is 2. The molecule has 0 atom stereocenters. The molecule has 138 valence electrons. The zero-order valence-corrected chi connectivity index (χ0v) is 16.1. The average molecular weight is 379 g/mol. The second-order valence-electron chi connectivity index (χ2n) is 6.04. The van der Waals surface area contributed by atoms with Crippen LogP contribution in [0.15, 0.2) is 53.9 Å². The van der Waals surface area contributed by atoms with Crippen LogP contribution in [-0.4, -0.2) is 15.9 Å². The number of aromatic nitrogens is 2. The fourth-order valence-corrected chi connectivity index (χ4v) is 3.01. The zero-order chi connectivity index (χ0) is 19.1. The lowest BCUT2D eigenvalue weighted by atomic mass is 10.2. The van der Waals surface area contributed by atoms with Crippen molar-refractivity contribution in [3.05, 3.63) is 81.6 Å². The third-order valence-corrected chi connectivity index (χ3v) is 4.57. The first-order chi connectivity index (χ1) is 13.1. The van der Waals surface area contributed by atoms with E-state index in [2.05, 4.69) is 15.3 Å². The van der Waals surface area contributed by atoms with Crippen molar-refractivity contribution in [2.45, 2.75) is 27.0 Å². The maximum absolute atomic E-state index is 11.9. The van der Waals surface area contributed by atoms with Gasteiger partial charge < -0.3 is 10.1 Å². The maximum Gasteiger partial charge on any atom is 0.244 e. The van der Waals surface area contributed by atoms with Gasteiger partial charge in [0.25, 0.3) is 0 Å². The largest absolute Gasteiger partial charge is 0.487 e. The lowest BCUT2D eigenvalue weighted by molar-refractivity contribution is -0.116. The Labute approximate surface area is 162 Å². The Kier molecular flexibility index (Phi) is 6.33. The Balaban J connectivity index is 1.47. The molecule has 6 heteroatoms. The molecule has 3 rings (SSSR count). The van der Waals surface area contributed by atoms with Gasteiger partial charge >= 0.3 is 0 Å². The van der Waals surface area contributed by atoms with Crippen LogP contribution in [0.2, 0.25) is 0 Å². The molecule has 0 saturated carbocycles. The summed E-state index contributed by atoms with van der Waals surface area (Å²) in [5.41, 5.74) is 3.63. The summed E-state index contributed by atoms with van der Waals surface area (Å²) in [5, 5.41) is 5.86. The molecule has 0 saturated heterocycles. The van der Waals surface area contributed by atoms with Crippen LogP contribution in [0.5, 0.6) is 5.75 Å². The summed E-state index contributed by atoms with van der Waals surface area (Å²) in [5.74, 6) is 0.616. The summed E-state index contributed by atoms with van der Waals surface area (Å²) < 4.78 is 5.72. The van der Waals surface area contributed by atoms with E-state index in [1.165, 1.54) is 6.08 Å². The van der Waals surface area contributed by atoms with Crippen molar-refractivity contribution in [3.8, 4) is 5.75 Å². The number of nitrogens with zero attached hydrogens (tertiary/aromatic N) is 2. The smallest absolute Gasteiger partial charge is 0.244 e. The number of hydrogen-bond acceptors (Lipinski definition) is 5. The molecule has 0 unspecified atom stereocenters. The van der Waals surface area contributed by atoms with Crippen molar-refractivity contribution < 1.29 is 9.53 Å². The monoisotopic (exact) mass is 379 g/mol. The van der Waals surface area contributed by atoms with Gasteiger partial charge in [-0.25, -0.2) is 4.98 Å². The summed E-state index contributed by atoms with van der Waals surface area (Å²) >= 11 is 1.61. The lowest BCUT2D eigenvalue weighted by Crippen LogP contribution is -2.20. The summed E-state index contributed by atoms with van der Waals surface area (Å²) in [6, 6.07) is 13.3. The summed E-state index contributed by atoms with van der Waals surface area (Å²) in [6.45, 7) is 4.77. The third-order valence-electron chi connectivity index (χ3n) is 3.75. The van der Waals surface area contributed by atoms with E-state index in [4.69, 9.17) is 4.74 Å². The number of carbonyl (C=O) groups is 1. The number of thiazole rings is 1. The van der Waals surface area contributed by atoms with E-state index in [9.17, 15) is 4.79 Å². The van der Waals surface area contributed by atoms with Gasteiger partial charge in [0, 0.05) is 17.2 Å². The Morgan fingerprint density at radius 2 is 1.93 bits per heavy atom. The molecule has 0 radical (unpaired) electrons. The molecule has 1 aromatic carbocycles. The van der Waals surface area contributed by atoms with Crippen LogP contribution in [0.1, 0.15) is 27.7 Å². The van der Waals surface area contributed by atoms with Crippen LogP contribution in [0.25, 0.3) is 6.08 Å². The van der Waals surface area contributed by atoms with Gasteiger partial charge in [0.15, 0.2) is 0 Å². The molecule has 5 nitrogen and oxygen atoms in total. The minimum atomic E-state index is -0.155. The van der Waals surface area contributed by atoms with E-state index < -0.39 is 0 Å². The second kappa shape index (κ2) is 9.09. The molecule has 0 aliphatic carbocycles. The Morgan fingerprint density at radius 3 is 2.63 bits per heavy atom. The first-order valence-electron chi connectivity index (χ1n) is 8.61. The number of benzene rings is 1. The van der Waals surface area contributed by atoms with E-state index >= 15 is 0 Å². The Hall–Kier alpha value is -2.99. The molecular formula is C21H21N3O2S. The molecule has 2 heterocycles.